The standard InChI is InChI=1S/C11H10N2/c1-13-11-7-5-10(6-8-11)4-2-3-9-12/h5-8,13H,3H2,1H3. The van der Waals surface area contributed by atoms with Crippen molar-refractivity contribution >= 4 is 5.69 Å². The second kappa shape index (κ2) is 4.85. The SMILES string of the molecule is CNc1ccc(C#CCC#N)cc1. The van der Waals surface area contributed by atoms with Gasteiger partial charge in [0.05, 0.1) is 12.5 Å². The monoisotopic (exact) mass is 170 g/mol. The first kappa shape index (κ1) is 9.16. The van der Waals surface area contributed by atoms with Crippen LogP contribution in [0.2, 0.25) is 0 Å². The van der Waals surface area contributed by atoms with Gasteiger partial charge >= 0.3 is 0 Å². The van der Waals surface area contributed by atoms with Crippen molar-refractivity contribution < 1.29 is 0 Å². The molecule has 0 radical (unpaired) electrons. The topological polar surface area (TPSA) is 35.8 Å². The Labute approximate surface area is 78.2 Å². The van der Waals surface area contributed by atoms with Crippen LogP contribution >= 0.6 is 0 Å². The summed E-state index contributed by atoms with van der Waals surface area (Å²) in [5, 5.41) is 11.3. The van der Waals surface area contributed by atoms with E-state index >= 15 is 0 Å². The fourth-order valence-corrected chi connectivity index (χ4v) is 0.906. The highest BCUT2D eigenvalue weighted by atomic mass is 14.8. The molecule has 0 fully saturated rings. The minimum Gasteiger partial charge on any atom is -0.388 e. The first-order valence-corrected chi connectivity index (χ1v) is 4.00. The zero-order valence-corrected chi connectivity index (χ0v) is 7.46. The van der Waals surface area contributed by atoms with Gasteiger partial charge in [-0.25, -0.2) is 0 Å². The molecule has 0 spiro atoms. The van der Waals surface area contributed by atoms with Gasteiger partial charge in [-0.15, -0.1) is 0 Å². The summed E-state index contributed by atoms with van der Waals surface area (Å²) < 4.78 is 0. The van der Waals surface area contributed by atoms with Gasteiger partial charge in [0, 0.05) is 18.3 Å². The second-order valence-corrected chi connectivity index (χ2v) is 2.46. The molecule has 2 heteroatoms. The molecule has 1 aromatic carbocycles. The Bertz CT molecular complexity index is 360. The quantitative estimate of drug-likeness (QED) is 0.654. The molecule has 1 aromatic rings. The fraction of sp³-hybridized carbons (Fsp3) is 0.182. The average Bonchev–Trinajstić information content (AvgIpc) is 2.19. The summed E-state index contributed by atoms with van der Waals surface area (Å²) in [5.74, 6) is 5.65. The Morgan fingerprint density at radius 2 is 2.00 bits per heavy atom. The van der Waals surface area contributed by atoms with Crippen LogP contribution in [0.15, 0.2) is 24.3 Å². The van der Waals surface area contributed by atoms with E-state index in [9.17, 15) is 0 Å². The molecule has 0 saturated carbocycles. The van der Waals surface area contributed by atoms with Crippen molar-refractivity contribution in [2.45, 2.75) is 6.42 Å². The van der Waals surface area contributed by atoms with Gasteiger partial charge in [-0.3, -0.25) is 0 Å². The third kappa shape index (κ3) is 2.89. The molecule has 0 amide bonds. The van der Waals surface area contributed by atoms with Crippen LogP contribution < -0.4 is 5.32 Å². The number of rotatable bonds is 1. The number of nitrogens with zero attached hydrogens (tertiary/aromatic N) is 1. The van der Waals surface area contributed by atoms with Gasteiger partial charge in [0.25, 0.3) is 0 Å². The minimum absolute atomic E-state index is 0.285. The predicted molar refractivity (Wildman–Crippen MR) is 53.1 cm³/mol. The third-order valence-corrected chi connectivity index (χ3v) is 1.57. The summed E-state index contributed by atoms with van der Waals surface area (Å²) in [4.78, 5) is 0. The third-order valence-electron chi connectivity index (χ3n) is 1.57. The van der Waals surface area contributed by atoms with Crippen LogP contribution in [-0.2, 0) is 0 Å². The maximum Gasteiger partial charge on any atom is 0.0966 e. The van der Waals surface area contributed by atoms with Crippen LogP contribution in [0, 0.1) is 23.2 Å². The number of hydrogen-bond acceptors (Lipinski definition) is 2. The van der Waals surface area contributed by atoms with Crippen LogP contribution in [0.4, 0.5) is 5.69 Å². The highest BCUT2D eigenvalue weighted by Gasteiger charge is 1.87. The molecule has 1 N–H and O–H groups in total. The van der Waals surface area contributed by atoms with Gasteiger partial charge in [-0.2, -0.15) is 5.26 Å². The van der Waals surface area contributed by atoms with Crippen LogP contribution in [0.3, 0.4) is 0 Å². The number of nitrogens with one attached hydrogen (secondary N) is 1. The lowest BCUT2D eigenvalue weighted by molar-refractivity contribution is 1.39. The summed E-state index contributed by atoms with van der Waals surface area (Å²) in [6, 6.07) is 9.74. The molecule has 0 heterocycles. The van der Waals surface area contributed by atoms with E-state index in [2.05, 4.69) is 17.2 Å². The summed E-state index contributed by atoms with van der Waals surface area (Å²) in [6.07, 6.45) is 0.285. The molecule has 0 saturated heterocycles. The Balaban J connectivity index is 2.72. The minimum atomic E-state index is 0.285. The van der Waals surface area contributed by atoms with Gasteiger partial charge in [0.1, 0.15) is 0 Å². The second-order valence-electron chi connectivity index (χ2n) is 2.46. The van der Waals surface area contributed by atoms with E-state index in [-0.39, 0.29) is 6.42 Å². The zero-order chi connectivity index (χ0) is 9.52. The lowest BCUT2D eigenvalue weighted by atomic mass is 10.2. The average molecular weight is 170 g/mol. The van der Waals surface area contributed by atoms with E-state index in [4.69, 9.17) is 5.26 Å². The van der Waals surface area contributed by atoms with Gasteiger partial charge in [-0.05, 0) is 24.3 Å². The summed E-state index contributed by atoms with van der Waals surface area (Å²) in [6.45, 7) is 0. The number of hydrogen-bond donors (Lipinski definition) is 1. The first-order chi connectivity index (χ1) is 6.36. The van der Waals surface area contributed by atoms with E-state index in [1.807, 2.05) is 37.4 Å². The van der Waals surface area contributed by atoms with E-state index < -0.39 is 0 Å². The van der Waals surface area contributed by atoms with Crippen LogP contribution in [0.1, 0.15) is 12.0 Å². The molecule has 0 bridgehead atoms. The molecule has 0 aromatic heterocycles. The molecule has 64 valence electrons. The molecule has 0 aliphatic heterocycles. The lowest BCUT2D eigenvalue weighted by Crippen LogP contribution is -1.86. The molecule has 1 rings (SSSR count). The Morgan fingerprint density at radius 1 is 1.31 bits per heavy atom. The van der Waals surface area contributed by atoms with Crippen LogP contribution in [0.25, 0.3) is 0 Å². The summed E-state index contributed by atoms with van der Waals surface area (Å²) >= 11 is 0. The van der Waals surface area contributed by atoms with Crippen molar-refractivity contribution in [3.05, 3.63) is 29.8 Å². The maximum absolute atomic E-state index is 8.26. The number of anilines is 1. The van der Waals surface area contributed by atoms with E-state index in [1.54, 1.807) is 0 Å². The fourth-order valence-electron chi connectivity index (χ4n) is 0.906. The van der Waals surface area contributed by atoms with Gasteiger partial charge in [0.2, 0.25) is 0 Å². The Kier molecular flexibility index (Phi) is 3.42. The first-order valence-electron chi connectivity index (χ1n) is 4.00. The number of nitriles is 1. The van der Waals surface area contributed by atoms with Gasteiger partial charge < -0.3 is 5.32 Å². The highest BCUT2D eigenvalue weighted by molar-refractivity contribution is 5.47. The lowest BCUT2D eigenvalue weighted by Gasteiger charge is -1.97. The summed E-state index contributed by atoms with van der Waals surface area (Å²) in [5.41, 5.74) is 2.00. The normalized spacial score (nSPS) is 8.00. The highest BCUT2D eigenvalue weighted by Crippen LogP contribution is 2.06. The van der Waals surface area contributed by atoms with E-state index in [1.165, 1.54) is 0 Å². The molecule has 2 nitrogen and oxygen atoms in total. The van der Waals surface area contributed by atoms with Crippen LogP contribution in [0.5, 0.6) is 0 Å². The van der Waals surface area contributed by atoms with Crippen molar-refractivity contribution in [1.82, 2.24) is 0 Å². The smallest absolute Gasteiger partial charge is 0.0966 e. The van der Waals surface area contributed by atoms with Crippen molar-refractivity contribution in [2.24, 2.45) is 0 Å². The Hall–Kier alpha value is -1.93. The van der Waals surface area contributed by atoms with Gasteiger partial charge in [0.15, 0.2) is 0 Å². The molecular weight excluding hydrogens is 160 g/mol. The molecule has 0 aliphatic carbocycles. The van der Waals surface area contributed by atoms with Crippen molar-refractivity contribution in [3.8, 4) is 17.9 Å². The maximum atomic E-state index is 8.26. The largest absolute Gasteiger partial charge is 0.388 e. The van der Waals surface area contributed by atoms with Crippen molar-refractivity contribution in [2.75, 3.05) is 12.4 Å². The number of benzene rings is 1. The van der Waals surface area contributed by atoms with E-state index in [0.717, 1.165) is 11.3 Å². The molecule has 13 heavy (non-hydrogen) atoms. The summed E-state index contributed by atoms with van der Waals surface area (Å²) in [7, 11) is 1.87. The van der Waals surface area contributed by atoms with Crippen molar-refractivity contribution in [1.29, 1.82) is 5.26 Å². The molecular formula is C11H10N2. The van der Waals surface area contributed by atoms with Crippen LogP contribution in [-0.4, -0.2) is 7.05 Å². The van der Waals surface area contributed by atoms with E-state index in [0.29, 0.717) is 0 Å². The predicted octanol–water partition coefficient (Wildman–Crippen LogP) is 1.99. The Morgan fingerprint density at radius 3 is 2.54 bits per heavy atom. The zero-order valence-electron chi connectivity index (χ0n) is 7.46. The van der Waals surface area contributed by atoms with Gasteiger partial charge in [-0.1, -0.05) is 11.8 Å². The molecule has 0 unspecified atom stereocenters. The molecule has 0 aliphatic rings. The molecule has 0 atom stereocenters. The van der Waals surface area contributed by atoms with Crippen molar-refractivity contribution in [3.63, 3.8) is 0 Å².